The number of ether oxygens (including phenoxy) is 1. The number of carbonyl (C=O) groups excluding carboxylic acids is 1. The van der Waals surface area contributed by atoms with Gasteiger partial charge in [0, 0.05) is 18.8 Å². The van der Waals surface area contributed by atoms with Gasteiger partial charge in [-0.3, -0.25) is 19.1 Å². The summed E-state index contributed by atoms with van der Waals surface area (Å²) in [4.78, 5) is 37.8. The zero-order chi connectivity index (χ0) is 24.6. The van der Waals surface area contributed by atoms with Gasteiger partial charge >= 0.3 is 5.69 Å². The van der Waals surface area contributed by atoms with Crippen LogP contribution in [0.3, 0.4) is 0 Å². The molecule has 0 aliphatic carbocycles. The number of hydrogen-bond donors (Lipinski definition) is 5. The van der Waals surface area contributed by atoms with Crippen LogP contribution in [-0.2, 0) is 4.74 Å². The number of benzene rings is 2. The Morgan fingerprint density at radius 1 is 1.03 bits per heavy atom. The molecule has 1 aliphatic heterocycles. The first-order chi connectivity index (χ1) is 16.2. The molecule has 12 heteroatoms. The van der Waals surface area contributed by atoms with Crippen molar-refractivity contribution < 1.29 is 33.6 Å². The number of hydrogen-bond acceptors (Lipinski definition) is 7. The Bertz CT molecular complexity index is 1360. The molecule has 0 radical (unpaired) electrons. The smallest absolute Gasteiger partial charge is 0.330 e. The van der Waals surface area contributed by atoms with Crippen LogP contribution in [0.5, 0.6) is 5.75 Å². The summed E-state index contributed by atoms with van der Waals surface area (Å²) in [6, 6.07) is 8.16. The number of aliphatic hydroxyl groups excluding tert-OH is 2. The van der Waals surface area contributed by atoms with Crippen LogP contribution >= 0.6 is 0 Å². The van der Waals surface area contributed by atoms with Crippen molar-refractivity contribution in [2.45, 2.75) is 24.5 Å². The highest BCUT2D eigenvalue weighted by Crippen LogP contribution is 2.29. The van der Waals surface area contributed by atoms with Crippen molar-refractivity contribution in [3.63, 3.8) is 0 Å². The third kappa shape index (κ3) is 4.46. The standard InChI is InChI=1S/C22H19F2N3O7/c23-13-3-1-11(8-14(13)24)10-2-4-15(28)12(7-10)20(32)25-9-16-18(30)19(31)21(34-16)27-6-5-17(29)26-22(27)33/h1-8,16,18-19,21,28,30-31H,9H2,(H,25,32)(H,26,29,33)/t16-,18-,19+,21-/m1/s1. The lowest BCUT2D eigenvalue weighted by Gasteiger charge is -2.17. The number of aromatic hydroxyl groups is 1. The molecule has 178 valence electrons. The van der Waals surface area contributed by atoms with Crippen molar-refractivity contribution in [2.75, 3.05) is 6.54 Å². The van der Waals surface area contributed by atoms with E-state index in [0.717, 1.165) is 29.0 Å². The summed E-state index contributed by atoms with van der Waals surface area (Å²) in [7, 11) is 0. The largest absolute Gasteiger partial charge is 0.507 e. The average Bonchev–Trinajstić information content (AvgIpc) is 3.08. The molecule has 0 spiro atoms. The van der Waals surface area contributed by atoms with Crippen molar-refractivity contribution in [1.82, 2.24) is 14.9 Å². The molecule has 0 bridgehead atoms. The molecule has 1 fully saturated rings. The molecule has 3 aromatic rings. The Kier molecular flexibility index (Phi) is 6.28. The summed E-state index contributed by atoms with van der Waals surface area (Å²) in [6.07, 6.45) is -4.35. The monoisotopic (exact) mass is 475 g/mol. The van der Waals surface area contributed by atoms with E-state index in [1.54, 1.807) is 0 Å². The number of aliphatic hydroxyl groups is 2. The van der Waals surface area contributed by atoms with E-state index in [9.17, 15) is 38.5 Å². The molecule has 0 saturated carbocycles. The van der Waals surface area contributed by atoms with Crippen LogP contribution in [0.4, 0.5) is 8.78 Å². The summed E-state index contributed by atoms with van der Waals surface area (Å²) in [6.45, 7) is -0.305. The highest BCUT2D eigenvalue weighted by Gasteiger charge is 2.44. The zero-order valence-corrected chi connectivity index (χ0v) is 17.3. The number of aromatic nitrogens is 2. The fourth-order valence-electron chi connectivity index (χ4n) is 3.62. The topological polar surface area (TPSA) is 154 Å². The third-order valence-corrected chi connectivity index (χ3v) is 5.42. The molecule has 1 amide bonds. The number of rotatable bonds is 5. The third-order valence-electron chi connectivity index (χ3n) is 5.42. The van der Waals surface area contributed by atoms with Gasteiger partial charge in [-0.2, -0.15) is 0 Å². The maximum atomic E-state index is 13.6. The molecule has 4 rings (SSSR count). The summed E-state index contributed by atoms with van der Waals surface area (Å²) < 4.78 is 33.2. The first-order valence-electron chi connectivity index (χ1n) is 10.1. The Balaban J connectivity index is 1.48. The first-order valence-corrected chi connectivity index (χ1v) is 10.1. The van der Waals surface area contributed by atoms with Crippen molar-refractivity contribution in [2.24, 2.45) is 0 Å². The van der Waals surface area contributed by atoms with Gasteiger partial charge in [0.1, 0.15) is 24.1 Å². The second-order valence-corrected chi connectivity index (χ2v) is 7.63. The molecule has 1 aliphatic rings. The van der Waals surface area contributed by atoms with Gasteiger partial charge in [0.2, 0.25) is 0 Å². The lowest BCUT2D eigenvalue weighted by molar-refractivity contribution is -0.0387. The molecule has 1 aromatic heterocycles. The molecular weight excluding hydrogens is 456 g/mol. The van der Waals surface area contributed by atoms with Gasteiger partial charge < -0.3 is 25.4 Å². The van der Waals surface area contributed by atoms with Crippen LogP contribution in [0.1, 0.15) is 16.6 Å². The van der Waals surface area contributed by atoms with Crippen molar-refractivity contribution in [3.8, 4) is 16.9 Å². The fraction of sp³-hybridized carbons (Fsp3) is 0.227. The second kappa shape index (κ2) is 9.17. The van der Waals surface area contributed by atoms with Crippen LogP contribution in [-0.4, -0.2) is 55.6 Å². The quantitative estimate of drug-likeness (QED) is 0.354. The lowest BCUT2D eigenvalue weighted by Crippen LogP contribution is -2.40. The molecule has 4 atom stereocenters. The lowest BCUT2D eigenvalue weighted by atomic mass is 10.0. The van der Waals surface area contributed by atoms with Crippen LogP contribution in [0.15, 0.2) is 58.3 Å². The maximum Gasteiger partial charge on any atom is 0.330 e. The first kappa shape index (κ1) is 23.3. The Morgan fingerprint density at radius 2 is 1.74 bits per heavy atom. The van der Waals surface area contributed by atoms with Crippen LogP contribution in [0.2, 0.25) is 0 Å². The minimum atomic E-state index is -1.53. The van der Waals surface area contributed by atoms with Crippen LogP contribution in [0.25, 0.3) is 11.1 Å². The molecule has 10 nitrogen and oxygen atoms in total. The van der Waals surface area contributed by atoms with Gasteiger partial charge in [-0.1, -0.05) is 12.1 Å². The minimum absolute atomic E-state index is 0.177. The van der Waals surface area contributed by atoms with E-state index in [4.69, 9.17) is 4.74 Å². The van der Waals surface area contributed by atoms with E-state index in [-0.39, 0.29) is 23.4 Å². The van der Waals surface area contributed by atoms with E-state index < -0.39 is 53.3 Å². The number of nitrogens with one attached hydrogen (secondary N) is 2. The molecule has 1 saturated heterocycles. The Labute approximate surface area is 189 Å². The summed E-state index contributed by atoms with van der Waals surface area (Å²) >= 11 is 0. The van der Waals surface area contributed by atoms with E-state index in [2.05, 4.69) is 5.32 Å². The van der Waals surface area contributed by atoms with E-state index in [0.29, 0.717) is 5.56 Å². The number of nitrogens with zero attached hydrogens (tertiary/aromatic N) is 1. The maximum absolute atomic E-state index is 13.6. The summed E-state index contributed by atoms with van der Waals surface area (Å²) in [5.41, 5.74) is -1.06. The number of carbonyl (C=O) groups is 1. The molecule has 34 heavy (non-hydrogen) atoms. The van der Waals surface area contributed by atoms with E-state index in [1.807, 2.05) is 4.98 Å². The highest BCUT2D eigenvalue weighted by atomic mass is 19.2. The normalized spacial score (nSPS) is 22.0. The predicted molar refractivity (Wildman–Crippen MR) is 113 cm³/mol. The Hall–Kier alpha value is -3.87. The van der Waals surface area contributed by atoms with Crippen LogP contribution < -0.4 is 16.6 Å². The van der Waals surface area contributed by atoms with Gasteiger partial charge in [0.15, 0.2) is 17.9 Å². The van der Waals surface area contributed by atoms with E-state index >= 15 is 0 Å². The van der Waals surface area contributed by atoms with Gasteiger partial charge in [0.25, 0.3) is 11.5 Å². The molecular formula is C22H19F2N3O7. The fourth-order valence-corrected chi connectivity index (χ4v) is 3.62. The SMILES string of the molecule is O=C(NC[C@H]1O[C@@H](n2ccc(=O)[nH]c2=O)[C@@H](O)[C@@H]1O)c1cc(-c2ccc(F)c(F)c2)ccc1O. The number of aromatic amines is 1. The van der Waals surface area contributed by atoms with Gasteiger partial charge in [0.05, 0.1) is 5.56 Å². The number of amides is 1. The minimum Gasteiger partial charge on any atom is -0.507 e. The molecule has 0 unspecified atom stereocenters. The predicted octanol–water partition coefficient (Wildman–Crippen LogP) is 0.237. The number of phenols is 1. The van der Waals surface area contributed by atoms with Crippen LogP contribution in [0, 0.1) is 11.6 Å². The number of halogens is 2. The zero-order valence-electron chi connectivity index (χ0n) is 17.3. The summed E-state index contributed by atoms with van der Waals surface area (Å²) in [5, 5.41) is 33.1. The van der Waals surface area contributed by atoms with Crippen molar-refractivity contribution >= 4 is 5.91 Å². The van der Waals surface area contributed by atoms with Crippen molar-refractivity contribution in [3.05, 3.63) is 86.7 Å². The summed E-state index contributed by atoms with van der Waals surface area (Å²) in [5.74, 6) is -3.25. The molecule has 2 aromatic carbocycles. The van der Waals surface area contributed by atoms with Gasteiger partial charge in [-0.05, 0) is 35.4 Å². The molecule has 2 heterocycles. The number of H-pyrrole nitrogens is 1. The Morgan fingerprint density at radius 3 is 2.44 bits per heavy atom. The second-order valence-electron chi connectivity index (χ2n) is 7.63. The average molecular weight is 475 g/mol. The van der Waals surface area contributed by atoms with E-state index in [1.165, 1.54) is 24.3 Å². The van der Waals surface area contributed by atoms with Gasteiger partial charge in [-0.25, -0.2) is 13.6 Å². The van der Waals surface area contributed by atoms with Gasteiger partial charge in [-0.15, -0.1) is 0 Å². The highest BCUT2D eigenvalue weighted by molar-refractivity contribution is 5.98. The molecule has 5 N–H and O–H groups in total. The van der Waals surface area contributed by atoms with Crippen molar-refractivity contribution in [1.29, 1.82) is 0 Å². The number of phenolic OH excluding ortho intramolecular Hbond substituents is 1.